The van der Waals surface area contributed by atoms with Gasteiger partial charge in [0.1, 0.15) is 0 Å². The Hall–Kier alpha value is -1.82. The molecule has 0 saturated heterocycles. The molecule has 1 unspecified atom stereocenters. The van der Waals surface area contributed by atoms with Crippen molar-refractivity contribution in [3.05, 3.63) is 45.7 Å². The maximum absolute atomic E-state index is 11.5. The van der Waals surface area contributed by atoms with E-state index in [4.69, 9.17) is 0 Å². The number of allylic oxidation sites excluding steroid dienone is 2. The first-order chi connectivity index (χ1) is 10.5. The summed E-state index contributed by atoms with van der Waals surface area (Å²) >= 11 is 1.49. The smallest absolute Gasteiger partial charge is 0.283 e. The lowest BCUT2D eigenvalue weighted by Gasteiger charge is -2.19. The molecule has 1 aromatic rings. The Bertz CT molecular complexity index is 612. The molecule has 0 heterocycles. The van der Waals surface area contributed by atoms with E-state index in [0.29, 0.717) is 11.3 Å². The number of hydrogen-bond donors (Lipinski definition) is 1. The highest BCUT2D eigenvalue weighted by Gasteiger charge is 2.24. The van der Waals surface area contributed by atoms with Crippen molar-refractivity contribution in [2.24, 2.45) is 0 Å². The summed E-state index contributed by atoms with van der Waals surface area (Å²) in [5.74, 6) is 0.566. The van der Waals surface area contributed by atoms with Crippen molar-refractivity contribution in [2.45, 2.75) is 43.4 Å². The largest absolute Gasteiger partial charge is 0.512 e. The number of unbranched alkanes of at least 4 members (excludes halogenated alkanes) is 1. The SMILES string of the molecule is CCCCSc1ccc(C2CC(=O)C=C(O)C2)cc1[N+](=O)[O-]. The molecule has 0 aliphatic heterocycles. The van der Waals surface area contributed by atoms with E-state index >= 15 is 0 Å². The van der Waals surface area contributed by atoms with Gasteiger partial charge in [-0.2, -0.15) is 0 Å². The number of nitro benzene ring substituents is 1. The van der Waals surface area contributed by atoms with Gasteiger partial charge >= 0.3 is 0 Å². The van der Waals surface area contributed by atoms with Gasteiger partial charge < -0.3 is 5.11 Å². The van der Waals surface area contributed by atoms with Crippen LogP contribution < -0.4 is 0 Å². The Morgan fingerprint density at radius 2 is 2.18 bits per heavy atom. The average molecular weight is 321 g/mol. The summed E-state index contributed by atoms with van der Waals surface area (Å²) in [4.78, 5) is 23.1. The first kappa shape index (κ1) is 16.5. The van der Waals surface area contributed by atoms with Crippen LogP contribution in [0.1, 0.15) is 44.1 Å². The zero-order valence-corrected chi connectivity index (χ0v) is 13.3. The van der Waals surface area contributed by atoms with E-state index in [9.17, 15) is 20.0 Å². The van der Waals surface area contributed by atoms with Crippen molar-refractivity contribution in [3.8, 4) is 0 Å². The zero-order valence-electron chi connectivity index (χ0n) is 12.4. The zero-order chi connectivity index (χ0) is 16.1. The fraction of sp³-hybridized carbons (Fsp3) is 0.438. The second kappa shape index (κ2) is 7.45. The summed E-state index contributed by atoms with van der Waals surface area (Å²) in [6, 6.07) is 5.14. The molecular weight excluding hydrogens is 302 g/mol. The lowest BCUT2D eigenvalue weighted by atomic mass is 9.86. The molecule has 0 spiro atoms. The van der Waals surface area contributed by atoms with E-state index < -0.39 is 0 Å². The lowest BCUT2D eigenvalue weighted by Crippen LogP contribution is -2.12. The summed E-state index contributed by atoms with van der Waals surface area (Å²) in [7, 11) is 0. The van der Waals surface area contributed by atoms with Gasteiger partial charge in [0.2, 0.25) is 0 Å². The van der Waals surface area contributed by atoms with Crippen LogP contribution >= 0.6 is 11.8 Å². The van der Waals surface area contributed by atoms with Crippen LogP contribution in [0.25, 0.3) is 0 Å². The summed E-state index contributed by atoms with van der Waals surface area (Å²) < 4.78 is 0. The van der Waals surface area contributed by atoms with Crippen LogP contribution in [0.15, 0.2) is 34.9 Å². The lowest BCUT2D eigenvalue weighted by molar-refractivity contribution is -0.387. The molecule has 0 radical (unpaired) electrons. The second-order valence-corrected chi connectivity index (χ2v) is 6.53. The van der Waals surface area contributed by atoms with Crippen LogP contribution in [-0.4, -0.2) is 21.6 Å². The predicted molar refractivity (Wildman–Crippen MR) is 86.4 cm³/mol. The maximum atomic E-state index is 11.5. The molecule has 1 aliphatic carbocycles. The number of carbonyl (C=O) groups is 1. The van der Waals surface area contributed by atoms with Gasteiger partial charge in [0.05, 0.1) is 15.6 Å². The summed E-state index contributed by atoms with van der Waals surface area (Å²) in [5.41, 5.74) is 0.819. The van der Waals surface area contributed by atoms with Gasteiger partial charge in [0, 0.05) is 25.0 Å². The van der Waals surface area contributed by atoms with Gasteiger partial charge in [-0.3, -0.25) is 14.9 Å². The van der Waals surface area contributed by atoms with E-state index in [2.05, 4.69) is 6.92 Å². The average Bonchev–Trinajstić information content (AvgIpc) is 2.46. The number of ketones is 1. The highest BCUT2D eigenvalue weighted by Crippen LogP contribution is 2.36. The first-order valence-corrected chi connectivity index (χ1v) is 8.33. The molecule has 0 amide bonds. The molecule has 1 atom stereocenters. The van der Waals surface area contributed by atoms with Crippen molar-refractivity contribution < 1.29 is 14.8 Å². The minimum absolute atomic E-state index is 0.0466. The predicted octanol–water partition coefficient (Wildman–Crippen LogP) is 4.38. The van der Waals surface area contributed by atoms with Gasteiger partial charge in [0.15, 0.2) is 5.78 Å². The molecule has 2 rings (SSSR count). The molecule has 1 aliphatic rings. The van der Waals surface area contributed by atoms with Crippen molar-refractivity contribution in [2.75, 3.05) is 5.75 Å². The fourth-order valence-corrected chi connectivity index (χ4v) is 3.58. The highest BCUT2D eigenvalue weighted by molar-refractivity contribution is 7.99. The summed E-state index contributed by atoms with van der Waals surface area (Å²) in [6.45, 7) is 2.08. The van der Waals surface area contributed by atoms with Gasteiger partial charge in [-0.05, 0) is 29.7 Å². The highest BCUT2D eigenvalue weighted by atomic mass is 32.2. The van der Waals surface area contributed by atoms with Crippen molar-refractivity contribution in [1.29, 1.82) is 0 Å². The van der Waals surface area contributed by atoms with Crippen LogP contribution in [0, 0.1) is 10.1 Å². The number of aliphatic hydroxyl groups excluding tert-OH is 1. The fourth-order valence-electron chi connectivity index (χ4n) is 2.49. The van der Waals surface area contributed by atoms with Crippen LogP contribution in [0.3, 0.4) is 0 Å². The number of thioether (sulfide) groups is 1. The van der Waals surface area contributed by atoms with E-state index in [1.807, 2.05) is 6.07 Å². The van der Waals surface area contributed by atoms with Gasteiger partial charge in [-0.1, -0.05) is 19.4 Å². The molecule has 0 fully saturated rings. The van der Waals surface area contributed by atoms with Gasteiger partial charge in [-0.15, -0.1) is 11.8 Å². The summed E-state index contributed by atoms with van der Waals surface area (Å²) in [5, 5.41) is 20.9. The maximum Gasteiger partial charge on any atom is 0.283 e. The Balaban J connectivity index is 2.24. The number of aliphatic hydroxyl groups is 1. The minimum Gasteiger partial charge on any atom is -0.512 e. The van der Waals surface area contributed by atoms with E-state index in [-0.39, 0.29) is 34.5 Å². The van der Waals surface area contributed by atoms with E-state index in [1.165, 1.54) is 17.8 Å². The van der Waals surface area contributed by atoms with E-state index in [1.54, 1.807) is 12.1 Å². The Morgan fingerprint density at radius 3 is 2.82 bits per heavy atom. The number of nitro groups is 1. The minimum atomic E-state index is -0.377. The van der Waals surface area contributed by atoms with Crippen LogP contribution in [0.4, 0.5) is 5.69 Å². The number of rotatable bonds is 6. The van der Waals surface area contributed by atoms with Gasteiger partial charge in [-0.25, -0.2) is 0 Å². The van der Waals surface area contributed by atoms with Crippen molar-refractivity contribution in [3.63, 3.8) is 0 Å². The van der Waals surface area contributed by atoms with E-state index in [0.717, 1.165) is 24.2 Å². The normalized spacial score (nSPS) is 18.1. The third kappa shape index (κ3) is 4.10. The van der Waals surface area contributed by atoms with Crippen LogP contribution in [0.5, 0.6) is 0 Å². The van der Waals surface area contributed by atoms with Gasteiger partial charge in [0.25, 0.3) is 5.69 Å². The van der Waals surface area contributed by atoms with Crippen LogP contribution in [0.2, 0.25) is 0 Å². The monoisotopic (exact) mass is 321 g/mol. The molecule has 5 nitrogen and oxygen atoms in total. The number of carbonyl (C=O) groups excluding carboxylic acids is 1. The molecule has 1 aromatic carbocycles. The number of benzene rings is 1. The Morgan fingerprint density at radius 1 is 1.41 bits per heavy atom. The Kier molecular flexibility index (Phi) is 5.60. The summed E-state index contributed by atoms with van der Waals surface area (Å²) in [6.07, 6.45) is 3.93. The molecular formula is C16H19NO4S. The molecule has 0 bridgehead atoms. The third-order valence-corrected chi connectivity index (χ3v) is 4.79. The van der Waals surface area contributed by atoms with Crippen molar-refractivity contribution in [1.82, 2.24) is 0 Å². The Labute approximate surface area is 133 Å². The second-order valence-electron chi connectivity index (χ2n) is 5.39. The molecule has 0 saturated carbocycles. The van der Waals surface area contributed by atoms with Crippen LogP contribution in [-0.2, 0) is 4.79 Å². The topological polar surface area (TPSA) is 80.4 Å². The quantitative estimate of drug-likeness (QED) is 0.364. The third-order valence-electron chi connectivity index (χ3n) is 3.64. The molecule has 22 heavy (non-hydrogen) atoms. The molecule has 6 heteroatoms. The molecule has 0 aromatic heterocycles. The molecule has 1 N–H and O–H groups in total. The van der Waals surface area contributed by atoms with Crippen molar-refractivity contribution >= 4 is 23.2 Å². The standard InChI is InChI=1S/C16H19NO4S/c1-2-3-6-22-16-5-4-11(9-15(16)17(20)21)12-7-13(18)10-14(19)8-12/h4-5,9-10,12,18H,2-3,6-8H2,1H3. The number of hydrogen-bond acceptors (Lipinski definition) is 5. The first-order valence-electron chi connectivity index (χ1n) is 7.34. The number of nitrogens with zero attached hydrogens (tertiary/aromatic N) is 1. The molecule has 118 valence electrons.